The molecular weight excluding hydrogens is 278 g/mol. The first-order valence-corrected chi connectivity index (χ1v) is 8.76. The molecule has 0 unspecified atom stereocenters. The van der Waals surface area contributed by atoms with E-state index in [1.807, 2.05) is 11.8 Å². The van der Waals surface area contributed by atoms with E-state index in [0.717, 1.165) is 18.7 Å². The SMILES string of the molecule is CC(C)c1ccc(CCC(=O)NCCSC(C)(C)C)cc1. The molecule has 0 saturated carbocycles. The summed E-state index contributed by atoms with van der Waals surface area (Å²) >= 11 is 1.88. The Morgan fingerprint density at radius 2 is 1.81 bits per heavy atom. The summed E-state index contributed by atoms with van der Waals surface area (Å²) in [6.45, 7) is 11.7. The van der Waals surface area contributed by atoms with Crippen LogP contribution < -0.4 is 5.32 Å². The molecule has 0 bridgehead atoms. The highest BCUT2D eigenvalue weighted by Gasteiger charge is 2.10. The molecule has 118 valence electrons. The van der Waals surface area contributed by atoms with Gasteiger partial charge in [-0.15, -0.1) is 0 Å². The monoisotopic (exact) mass is 307 g/mol. The summed E-state index contributed by atoms with van der Waals surface area (Å²) < 4.78 is 0.267. The second kappa shape index (κ2) is 8.47. The van der Waals surface area contributed by atoms with Crippen molar-refractivity contribution < 1.29 is 4.79 Å². The van der Waals surface area contributed by atoms with Crippen LogP contribution in [0, 0.1) is 0 Å². The predicted octanol–water partition coefficient (Wildman–Crippen LogP) is 4.39. The quantitative estimate of drug-likeness (QED) is 0.757. The molecule has 2 nitrogen and oxygen atoms in total. The summed E-state index contributed by atoms with van der Waals surface area (Å²) in [6.07, 6.45) is 1.39. The number of benzene rings is 1. The van der Waals surface area contributed by atoms with Gasteiger partial charge in [0, 0.05) is 23.5 Å². The molecule has 1 amide bonds. The van der Waals surface area contributed by atoms with E-state index >= 15 is 0 Å². The zero-order valence-electron chi connectivity index (χ0n) is 14.0. The molecule has 1 rings (SSSR count). The molecule has 0 aliphatic heterocycles. The number of carbonyl (C=O) groups is 1. The number of carbonyl (C=O) groups excluding carboxylic acids is 1. The Hall–Kier alpha value is -0.960. The van der Waals surface area contributed by atoms with Crippen molar-refractivity contribution in [1.82, 2.24) is 5.32 Å². The van der Waals surface area contributed by atoms with Gasteiger partial charge < -0.3 is 5.32 Å². The van der Waals surface area contributed by atoms with Gasteiger partial charge in [-0.25, -0.2) is 0 Å². The van der Waals surface area contributed by atoms with Crippen LogP contribution in [0.25, 0.3) is 0 Å². The van der Waals surface area contributed by atoms with Gasteiger partial charge in [0.1, 0.15) is 0 Å². The van der Waals surface area contributed by atoms with Gasteiger partial charge in [0.15, 0.2) is 0 Å². The molecule has 0 heterocycles. The fourth-order valence-corrected chi connectivity index (χ4v) is 2.78. The largest absolute Gasteiger partial charge is 0.355 e. The Kier molecular flexibility index (Phi) is 7.30. The highest BCUT2D eigenvalue weighted by molar-refractivity contribution is 8.00. The maximum absolute atomic E-state index is 11.8. The second-order valence-corrected chi connectivity index (χ2v) is 8.63. The van der Waals surface area contributed by atoms with Crippen LogP contribution in [-0.4, -0.2) is 23.0 Å². The molecule has 1 N–H and O–H groups in total. The van der Waals surface area contributed by atoms with E-state index in [4.69, 9.17) is 0 Å². The normalized spacial score (nSPS) is 11.7. The Morgan fingerprint density at radius 1 is 1.19 bits per heavy atom. The number of amides is 1. The lowest BCUT2D eigenvalue weighted by atomic mass is 10.0. The number of nitrogens with one attached hydrogen (secondary N) is 1. The molecule has 21 heavy (non-hydrogen) atoms. The van der Waals surface area contributed by atoms with Crippen molar-refractivity contribution in [3.8, 4) is 0 Å². The maximum atomic E-state index is 11.8. The lowest BCUT2D eigenvalue weighted by Crippen LogP contribution is -2.27. The van der Waals surface area contributed by atoms with Gasteiger partial charge in [-0.2, -0.15) is 11.8 Å². The van der Waals surface area contributed by atoms with Crippen LogP contribution in [0.1, 0.15) is 58.1 Å². The first kappa shape index (κ1) is 18.1. The summed E-state index contributed by atoms with van der Waals surface area (Å²) in [4.78, 5) is 11.8. The van der Waals surface area contributed by atoms with Crippen LogP contribution in [0.4, 0.5) is 0 Å². The first-order valence-electron chi connectivity index (χ1n) is 7.77. The van der Waals surface area contributed by atoms with Crippen LogP contribution in [0.5, 0.6) is 0 Å². The van der Waals surface area contributed by atoms with E-state index in [-0.39, 0.29) is 10.7 Å². The van der Waals surface area contributed by atoms with E-state index in [9.17, 15) is 4.79 Å². The van der Waals surface area contributed by atoms with Gasteiger partial charge in [0.05, 0.1) is 0 Å². The van der Waals surface area contributed by atoms with Crippen LogP contribution in [0.3, 0.4) is 0 Å². The fraction of sp³-hybridized carbons (Fsp3) is 0.611. The zero-order valence-corrected chi connectivity index (χ0v) is 14.8. The third-order valence-corrected chi connectivity index (χ3v) is 4.52. The Labute approximate surface area is 134 Å². The smallest absolute Gasteiger partial charge is 0.220 e. The highest BCUT2D eigenvalue weighted by Crippen LogP contribution is 2.22. The summed E-state index contributed by atoms with van der Waals surface area (Å²) in [7, 11) is 0. The van der Waals surface area contributed by atoms with Crippen molar-refractivity contribution in [2.75, 3.05) is 12.3 Å². The summed E-state index contributed by atoms with van der Waals surface area (Å²) in [5, 5.41) is 3.00. The number of aryl methyl sites for hydroxylation is 1. The minimum Gasteiger partial charge on any atom is -0.355 e. The molecule has 0 radical (unpaired) electrons. The van der Waals surface area contributed by atoms with E-state index < -0.39 is 0 Å². The fourth-order valence-electron chi connectivity index (χ4n) is 1.96. The lowest BCUT2D eigenvalue weighted by molar-refractivity contribution is -0.120. The van der Waals surface area contributed by atoms with Crippen molar-refractivity contribution in [2.24, 2.45) is 0 Å². The molecule has 1 aromatic rings. The number of rotatable bonds is 7. The molecule has 0 aromatic heterocycles. The van der Waals surface area contributed by atoms with E-state index in [1.54, 1.807) is 0 Å². The third kappa shape index (κ3) is 8.15. The molecule has 0 spiro atoms. The van der Waals surface area contributed by atoms with Crippen molar-refractivity contribution in [1.29, 1.82) is 0 Å². The van der Waals surface area contributed by atoms with Gasteiger partial charge in [-0.05, 0) is 23.5 Å². The van der Waals surface area contributed by atoms with Gasteiger partial charge in [-0.1, -0.05) is 58.9 Å². The van der Waals surface area contributed by atoms with Crippen molar-refractivity contribution in [2.45, 2.75) is 58.1 Å². The van der Waals surface area contributed by atoms with E-state index in [2.05, 4.69) is 64.2 Å². The van der Waals surface area contributed by atoms with Crippen LogP contribution in [0.2, 0.25) is 0 Å². The summed E-state index contributed by atoms with van der Waals surface area (Å²) in [6, 6.07) is 8.60. The number of hydrogen-bond acceptors (Lipinski definition) is 2. The molecular formula is C18H29NOS. The topological polar surface area (TPSA) is 29.1 Å². The maximum Gasteiger partial charge on any atom is 0.220 e. The van der Waals surface area contributed by atoms with Gasteiger partial charge >= 0.3 is 0 Å². The van der Waals surface area contributed by atoms with Gasteiger partial charge in [0.25, 0.3) is 0 Å². The first-order chi connectivity index (χ1) is 9.78. The standard InChI is InChI=1S/C18H29NOS/c1-14(2)16-9-6-15(7-10-16)8-11-17(20)19-12-13-21-18(3,4)5/h6-7,9-10,14H,8,11-13H2,1-5H3,(H,19,20). The van der Waals surface area contributed by atoms with Crippen LogP contribution in [-0.2, 0) is 11.2 Å². The van der Waals surface area contributed by atoms with Crippen LogP contribution in [0.15, 0.2) is 24.3 Å². The van der Waals surface area contributed by atoms with Gasteiger partial charge in [-0.3, -0.25) is 4.79 Å². The minimum absolute atomic E-state index is 0.150. The van der Waals surface area contributed by atoms with Crippen LogP contribution >= 0.6 is 11.8 Å². The minimum atomic E-state index is 0.150. The molecule has 0 aliphatic carbocycles. The molecule has 0 saturated heterocycles. The molecule has 1 aromatic carbocycles. The summed E-state index contributed by atoms with van der Waals surface area (Å²) in [5.41, 5.74) is 2.58. The average Bonchev–Trinajstić information content (AvgIpc) is 2.41. The predicted molar refractivity (Wildman–Crippen MR) is 94.1 cm³/mol. The Morgan fingerprint density at radius 3 is 2.33 bits per heavy atom. The van der Waals surface area contributed by atoms with E-state index in [0.29, 0.717) is 12.3 Å². The highest BCUT2D eigenvalue weighted by atomic mass is 32.2. The van der Waals surface area contributed by atoms with Crippen molar-refractivity contribution in [3.63, 3.8) is 0 Å². The average molecular weight is 308 g/mol. The summed E-state index contributed by atoms with van der Waals surface area (Å²) in [5.74, 6) is 1.68. The van der Waals surface area contributed by atoms with Gasteiger partial charge in [0.2, 0.25) is 5.91 Å². The van der Waals surface area contributed by atoms with E-state index in [1.165, 1.54) is 11.1 Å². The number of hydrogen-bond donors (Lipinski definition) is 1. The second-order valence-electron chi connectivity index (χ2n) is 6.71. The van der Waals surface area contributed by atoms with Crippen molar-refractivity contribution in [3.05, 3.63) is 35.4 Å². The molecule has 0 aliphatic rings. The Balaban J connectivity index is 2.23. The number of thioether (sulfide) groups is 1. The molecule has 0 fully saturated rings. The lowest BCUT2D eigenvalue weighted by Gasteiger charge is -2.17. The molecule has 0 atom stereocenters. The molecule has 3 heteroatoms. The zero-order chi connectivity index (χ0) is 15.9. The van der Waals surface area contributed by atoms with Crippen molar-refractivity contribution >= 4 is 17.7 Å². The Bertz CT molecular complexity index is 432. The third-order valence-electron chi connectivity index (χ3n) is 3.25.